The molecule has 5 heteroatoms. The molecule has 2 atom stereocenters. The van der Waals surface area contributed by atoms with E-state index in [0.717, 1.165) is 12.8 Å². The lowest BCUT2D eigenvalue weighted by atomic mass is 10.3. The van der Waals surface area contributed by atoms with Crippen LogP contribution < -0.4 is 11.1 Å². The van der Waals surface area contributed by atoms with Gasteiger partial charge in [-0.25, -0.2) is 0 Å². The van der Waals surface area contributed by atoms with Gasteiger partial charge >= 0.3 is 0 Å². The summed E-state index contributed by atoms with van der Waals surface area (Å²) in [5.41, 5.74) is 6.55. The summed E-state index contributed by atoms with van der Waals surface area (Å²) in [6, 6.07) is 0.330. The molecule has 2 unspecified atom stereocenters. The van der Waals surface area contributed by atoms with E-state index in [-0.39, 0.29) is 5.91 Å². The van der Waals surface area contributed by atoms with Crippen molar-refractivity contribution in [2.24, 2.45) is 13.0 Å². The minimum Gasteiger partial charge on any atom is -0.396 e. The highest BCUT2D eigenvalue weighted by molar-refractivity contribution is 5.97. The first-order chi connectivity index (χ1) is 7.13. The van der Waals surface area contributed by atoms with Crippen molar-refractivity contribution in [1.82, 2.24) is 15.1 Å². The maximum Gasteiger partial charge on any atom is 0.271 e. The van der Waals surface area contributed by atoms with E-state index < -0.39 is 0 Å². The van der Waals surface area contributed by atoms with Crippen LogP contribution >= 0.6 is 0 Å². The van der Waals surface area contributed by atoms with Crippen molar-refractivity contribution in [2.75, 3.05) is 5.73 Å². The first-order valence-electron chi connectivity index (χ1n) is 5.21. The van der Waals surface area contributed by atoms with Crippen molar-refractivity contribution in [3.05, 3.63) is 11.9 Å². The minimum atomic E-state index is -0.117. The Hall–Kier alpha value is -1.52. The zero-order valence-corrected chi connectivity index (χ0v) is 9.03. The van der Waals surface area contributed by atoms with E-state index in [9.17, 15) is 4.79 Å². The molecule has 1 heterocycles. The average Bonchev–Trinajstić information content (AvgIpc) is 2.85. The first kappa shape index (κ1) is 10.0. The van der Waals surface area contributed by atoms with Crippen LogP contribution in [-0.2, 0) is 7.05 Å². The maximum absolute atomic E-state index is 11.8. The third-order valence-electron chi connectivity index (χ3n) is 2.95. The van der Waals surface area contributed by atoms with E-state index in [1.54, 1.807) is 7.05 Å². The fourth-order valence-corrected chi connectivity index (χ4v) is 1.84. The van der Waals surface area contributed by atoms with Gasteiger partial charge in [0.25, 0.3) is 5.91 Å². The van der Waals surface area contributed by atoms with Gasteiger partial charge in [0.1, 0.15) is 5.69 Å². The molecule has 1 amide bonds. The molecule has 0 aromatic carbocycles. The van der Waals surface area contributed by atoms with Gasteiger partial charge in [-0.1, -0.05) is 13.3 Å². The summed E-state index contributed by atoms with van der Waals surface area (Å²) in [6.45, 7) is 2.13. The van der Waals surface area contributed by atoms with Gasteiger partial charge in [-0.3, -0.25) is 9.48 Å². The molecule has 1 saturated carbocycles. The van der Waals surface area contributed by atoms with Gasteiger partial charge in [0.15, 0.2) is 0 Å². The van der Waals surface area contributed by atoms with Crippen molar-refractivity contribution in [3.63, 3.8) is 0 Å². The number of nitrogen functional groups attached to an aromatic ring is 1. The van der Waals surface area contributed by atoms with Crippen LogP contribution in [0.5, 0.6) is 0 Å². The molecule has 1 fully saturated rings. The van der Waals surface area contributed by atoms with Gasteiger partial charge in [0.05, 0.1) is 11.9 Å². The number of nitrogens with one attached hydrogen (secondary N) is 1. The minimum absolute atomic E-state index is 0.117. The molecule has 0 aliphatic heterocycles. The Morgan fingerprint density at radius 2 is 2.53 bits per heavy atom. The van der Waals surface area contributed by atoms with E-state index in [1.165, 1.54) is 10.9 Å². The fraction of sp³-hybridized carbons (Fsp3) is 0.600. The number of carbonyl (C=O) groups excluding carboxylic acids is 1. The summed E-state index contributed by atoms with van der Waals surface area (Å²) in [4.78, 5) is 11.8. The molecule has 0 radical (unpaired) electrons. The lowest BCUT2D eigenvalue weighted by Crippen LogP contribution is -2.29. The Morgan fingerprint density at radius 1 is 1.80 bits per heavy atom. The molecule has 1 aromatic rings. The molecule has 3 N–H and O–H groups in total. The van der Waals surface area contributed by atoms with Gasteiger partial charge in [-0.2, -0.15) is 5.10 Å². The number of rotatable bonds is 3. The van der Waals surface area contributed by atoms with E-state index in [4.69, 9.17) is 5.73 Å². The van der Waals surface area contributed by atoms with Gasteiger partial charge in [0.2, 0.25) is 0 Å². The Kier molecular flexibility index (Phi) is 2.38. The Morgan fingerprint density at radius 3 is 3.00 bits per heavy atom. The zero-order valence-electron chi connectivity index (χ0n) is 9.03. The number of anilines is 1. The molecular formula is C10H16N4O. The summed E-state index contributed by atoms with van der Waals surface area (Å²) in [6.07, 6.45) is 3.70. The molecule has 1 aromatic heterocycles. The maximum atomic E-state index is 11.8. The fourth-order valence-electron chi connectivity index (χ4n) is 1.84. The van der Waals surface area contributed by atoms with Crippen molar-refractivity contribution in [2.45, 2.75) is 25.8 Å². The standard InChI is InChI=1S/C10H16N4O/c1-3-6-4-8(6)13-10(15)9-7(11)5-12-14(9)2/h5-6,8H,3-4,11H2,1-2H3,(H,13,15). The largest absolute Gasteiger partial charge is 0.396 e. The van der Waals surface area contributed by atoms with Crippen LogP contribution in [0, 0.1) is 5.92 Å². The lowest BCUT2D eigenvalue weighted by molar-refractivity contribution is 0.0940. The molecule has 0 spiro atoms. The molecule has 0 bridgehead atoms. The highest BCUT2D eigenvalue weighted by Gasteiger charge is 2.37. The Balaban J connectivity index is 2.03. The molecule has 1 aliphatic carbocycles. The third-order valence-corrected chi connectivity index (χ3v) is 2.95. The highest BCUT2D eigenvalue weighted by Crippen LogP contribution is 2.33. The molecule has 2 rings (SSSR count). The lowest BCUT2D eigenvalue weighted by Gasteiger charge is -2.05. The van der Waals surface area contributed by atoms with E-state index in [1.807, 2.05) is 0 Å². The zero-order chi connectivity index (χ0) is 11.0. The van der Waals surface area contributed by atoms with Crippen LogP contribution in [0.25, 0.3) is 0 Å². The van der Waals surface area contributed by atoms with Crippen LogP contribution in [0.1, 0.15) is 30.3 Å². The molecule has 1 aliphatic rings. The molecular weight excluding hydrogens is 192 g/mol. The summed E-state index contributed by atoms with van der Waals surface area (Å²) < 4.78 is 1.51. The molecule has 5 nitrogen and oxygen atoms in total. The number of aryl methyl sites for hydroxylation is 1. The number of carbonyl (C=O) groups is 1. The third kappa shape index (κ3) is 1.82. The normalized spacial score (nSPS) is 23.9. The SMILES string of the molecule is CCC1CC1NC(=O)c1c(N)cnn1C. The van der Waals surface area contributed by atoms with Crippen LogP contribution in [0.15, 0.2) is 6.20 Å². The average molecular weight is 208 g/mol. The highest BCUT2D eigenvalue weighted by atomic mass is 16.2. The van der Waals surface area contributed by atoms with Crippen LogP contribution in [0.2, 0.25) is 0 Å². The molecule has 0 saturated heterocycles. The van der Waals surface area contributed by atoms with Gasteiger partial charge in [-0.05, 0) is 12.3 Å². The molecule has 82 valence electrons. The van der Waals surface area contributed by atoms with E-state index in [2.05, 4.69) is 17.3 Å². The topological polar surface area (TPSA) is 72.9 Å². The van der Waals surface area contributed by atoms with Gasteiger partial charge in [0, 0.05) is 13.1 Å². The van der Waals surface area contributed by atoms with Crippen molar-refractivity contribution in [1.29, 1.82) is 0 Å². The monoisotopic (exact) mass is 208 g/mol. The van der Waals surface area contributed by atoms with Gasteiger partial charge in [-0.15, -0.1) is 0 Å². The second kappa shape index (κ2) is 3.56. The van der Waals surface area contributed by atoms with Crippen LogP contribution in [0.4, 0.5) is 5.69 Å². The Bertz CT molecular complexity index is 365. The molecule has 15 heavy (non-hydrogen) atoms. The second-order valence-electron chi connectivity index (χ2n) is 4.06. The van der Waals surface area contributed by atoms with Crippen molar-refractivity contribution < 1.29 is 4.79 Å². The van der Waals surface area contributed by atoms with E-state index in [0.29, 0.717) is 23.3 Å². The number of aromatic nitrogens is 2. The quantitative estimate of drug-likeness (QED) is 0.761. The summed E-state index contributed by atoms with van der Waals surface area (Å²) >= 11 is 0. The first-order valence-corrected chi connectivity index (χ1v) is 5.21. The number of hydrogen-bond acceptors (Lipinski definition) is 3. The van der Waals surface area contributed by atoms with Crippen molar-refractivity contribution in [3.8, 4) is 0 Å². The number of nitrogens with zero attached hydrogens (tertiary/aromatic N) is 2. The van der Waals surface area contributed by atoms with Crippen molar-refractivity contribution >= 4 is 11.6 Å². The van der Waals surface area contributed by atoms with Gasteiger partial charge < -0.3 is 11.1 Å². The predicted molar refractivity (Wildman–Crippen MR) is 57.3 cm³/mol. The number of nitrogens with two attached hydrogens (primary N) is 1. The smallest absolute Gasteiger partial charge is 0.271 e. The van der Waals surface area contributed by atoms with Crippen LogP contribution in [-0.4, -0.2) is 21.7 Å². The van der Waals surface area contributed by atoms with E-state index >= 15 is 0 Å². The second-order valence-corrected chi connectivity index (χ2v) is 4.06. The number of amides is 1. The summed E-state index contributed by atoms with van der Waals surface area (Å²) in [5, 5.41) is 6.89. The number of hydrogen-bond donors (Lipinski definition) is 2. The summed E-state index contributed by atoms with van der Waals surface area (Å²) in [7, 11) is 1.72. The van der Waals surface area contributed by atoms with Crippen LogP contribution in [0.3, 0.4) is 0 Å². The Labute approximate surface area is 88.6 Å². The summed E-state index contributed by atoms with van der Waals surface area (Å²) in [5.74, 6) is 0.525. The predicted octanol–water partition coefficient (Wildman–Crippen LogP) is 0.531.